The van der Waals surface area contributed by atoms with Gasteiger partial charge in [0.15, 0.2) is 46.8 Å². The van der Waals surface area contributed by atoms with Gasteiger partial charge in [-0.15, -0.1) is 0 Å². The van der Waals surface area contributed by atoms with Gasteiger partial charge in [-0.2, -0.15) is 0 Å². The molecule has 4 N–H and O–H groups in total. The van der Waals surface area contributed by atoms with E-state index in [1.54, 1.807) is 85.9 Å². The molecule has 16 rings (SSSR count). The summed E-state index contributed by atoms with van der Waals surface area (Å²) < 4.78 is 132. The quantitative estimate of drug-likeness (QED) is 0.00931. The molecular formula is C94H97Cl3F6N9NaO22. The van der Waals surface area contributed by atoms with Crippen molar-refractivity contribution in [2.24, 2.45) is 0 Å². The van der Waals surface area contributed by atoms with E-state index in [0.717, 1.165) is 68.8 Å². The van der Waals surface area contributed by atoms with Crippen LogP contribution in [-0.2, 0) is 28.5 Å². The van der Waals surface area contributed by atoms with Gasteiger partial charge in [-0.1, -0.05) is 115 Å². The predicted octanol–water partition coefficient (Wildman–Crippen LogP) is 12.4. The molecule has 0 spiro atoms. The maximum absolute atomic E-state index is 15.8. The molecule has 6 aliphatic rings. The van der Waals surface area contributed by atoms with Crippen LogP contribution in [0.25, 0.3) is 55.0 Å². The van der Waals surface area contributed by atoms with Crippen LogP contribution in [0.4, 0.5) is 57.8 Å². The van der Waals surface area contributed by atoms with Gasteiger partial charge in [0.2, 0.25) is 23.1 Å². The van der Waals surface area contributed by atoms with Crippen molar-refractivity contribution >= 4 is 132 Å². The number of ether oxygens (including phenoxy) is 7. The number of carboxylic acid groups (broad SMARTS) is 4. The standard InChI is InChI=1S/C36H35F2N3O8.C21H23ClFN3O6.C19H22FN3O4.C15H13FO2.C2H2Cl2O2.CH3F.Na/c1-20-17-39(31-29(38)16-26-30(33(31)47-3)41(24-10-11-24)18-27(32(26)42)34(43)44)13-14-40(20)36(46)49-19-48-35(45)21(2)23-9-12-25(28(37)15-23)22-7-5-4-6-8-22;1-11-8-24(5-6-25(11)21(30)32-10-22)17-15(23)7-13-16(19(17)31-2)26(12-3-4-12)9-14(18(13)27)20(28)29;1-10-8-22(6-5-21-10)16-14(20)7-12-15(18(16)27-2)23(11-3-4-11)9-13(17(12)24)19(25)26;1-10(15(17)18)12-7-8-13(14(16)9-12)11-5-3-2-4-6-11;3-1-6-2(4)5;1-2;/h4-9,12,15-16,18,20-21,24H,10-11,13-14,17,19H2,1-3H3,(H,43,44);7,9,11-12H,3-6,8,10H2,1-2H3,(H,28,29);7,9-11,21H,3-6,8H2,1-2H3,(H,25,26);2-10H,1H3,(H,17,18);1H2;1H3;/q;;;;;;+1/p-1/i;;;;;1D;. The number of piperazine rings is 3. The Morgan fingerprint density at radius 1 is 0.489 bits per heavy atom. The SMILES string of the molecule is CC(C(=O)[O-])c1ccc(-c2ccccc2)c(F)c1.COc1c(N2CCN(C(=O)OCCl)C(C)C2)c(F)cc2c(=O)c(C(=O)O)cn(C3CC3)c12.COc1c(N2CCN(C(=O)OCOC(=O)C(C)c3ccc(-c4ccccc4)c(F)c3)C(C)C2)c(F)cc2c(=O)c(C(=O)O)cn(C3CC3)c12.COc1c(N2CCNC(C)C2)c(F)cc2c(=O)c(C(=O)O)cn(C3CC3)c12.O=C(Cl)OCCl.[2H]CF.[Na+]. The van der Waals surface area contributed by atoms with Gasteiger partial charge >= 0.3 is 71.0 Å². The first-order valence-corrected chi connectivity index (χ1v) is 43.7. The Balaban J connectivity index is 0.000000191. The first-order valence-electron chi connectivity index (χ1n) is 43.0. The molecule has 0 bridgehead atoms. The van der Waals surface area contributed by atoms with Crippen molar-refractivity contribution in [3.05, 3.63) is 221 Å². The summed E-state index contributed by atoms with van der Waals surface area (Å²) in [7, 11) is 3.21. The van der Waals surface area contributed by atoms with Crippen LogP contribution in [0.15, 0.2) is 148 Å². The number of alkyl halides is 3. The fraction of sp³-hybridized carbons (Fsp3) is 0.372. The van der Waals surface area contributed by atoms with Gasteiger partial charge in [0, 0.05) is 148 Å². The van der Waals surface area contributed by atoms with E-state index < -0.39 is 136 Å². The number of anilines is 3. The van der Waals surface area contributed by atoms with Crippen LogP contribution in [0.1, 0.15) is 147 Å². The minimum Gasteiger partial charge on any atom is -0.550 e. The van der Waals surface area contributed by atoms with Crippen molar-refractivity contribution in [1.82, 2.24) is 28.8 Å². The Morgan fingerprint density at radius 3 is 1.13 bits per heavy atom. The second-order valence-electron chi connectivity index (χ2n) is 32.1. The van der Waals surface area contributed by atoms with Crippen LogP contribution in [0, 0.1) is 29.1 Å². The number of aromatic carboxylic acids is 3. The third-order valence-electron chi connectivity index (χ3n) is 23.4. The van der Waals surface area contributed by atoms with Crippen molar-refractivity contribution in [3.8, 4) is 39.5 Å². The van der Waals surface area contributed by atoms with Gasteiger partial charge < -0.3 is 102 Å². The summed E-state index contributed by atoms with van der Waals surface area (Å²) in [5.41, 5.74) is 0.618. The van der Waals surface area contributed by atoms with Crippen molar-refractivity contribution in [2.45, 2.75) is 121 Å². The molecule has 3 aliphatic carbocycles. The van der Waals surface area contributed by atoms with Crippen LogP contribution >= 0.6 is 34.8 Å². The van der Waals surface area contributed by atoms with Crippen LogP contribution in [0.2, 0.25) is 0 Å². The van der Waals surface area contributed by atoms with Gasteiger partial charge in [-0.3, -0.25) is 23.6 Å². The Labute approximate surface area is 808 Å². The summed E-state index contributed by atoms with van der Waals surface area (Å²) in [6, 6.07) is 29.5. The zero-order valence-corrected chi connectivity index (χ0v) is 79.1. The van der Waals surface area contributed by atoms with Gasteiger partial charge in [0.1, 0.15) is 45.4 Å². The molecule has 6 fully saturated rings. The topological polar surface area (TPSA) is 379 Å². The second-order valence-corrected chi connectivity index (χ2v) is 32.9. The summed E-state index contributed by atoms with van der Waals surface area (Å²) in [4.78, 5) is 140. The average Bonchev–Trinajstić information content (AvgIpc) is 1.10. The van der Waals surface area contributed by atoms with Gasteiger partial charge in [-0.25, -0.2) is 50.7 Å². The zero-order chi connectivity index (χ0) is 98.2. The van der Waals surface area contributed by atoms with E-state index in [2.05, 4.69) is 21.7 Å². The van der Waals surface area contributed by atoms with Crippen LogP contribution < -0.4 is 85.2 Å². The molecule has 3 aromatic heterocycles. The summed E-state index contributed by atoms with van der Waals surface area (Å²) in [5, 5.41) is 42.4. The largest absolute Gasteiger partial charge is 1.00 e. The number of carbonyl (C=O) groups is 8. The number of aromatic nitrogens is 3. The summed E-state index contributed by atoms with van der Waals surface area (Å²) in [5.74, 6) is -9.96. The van der Waals surface area contributed by atoms with E-state index >= 15 is 13.2 Å². The van der Waals surface area contributed by atoms with Gasteiger partial charge in [0.25, 0.3) is 0 Å². The number of hydrogen-bond acceptors (Lipinski definition) is 23. The molecule has 3 saturated heterocycles. The van der Waals surface area contributed by atoms with Crippen LogP contribution in [0.3, 0.4) is 0 Å². The monoisotopic (exact) mass is 1950 g/mol. The Morgan fingerprint density at radius 2 is 0.837 bits per heavy atom. The van der Waals surface area contributed by atoms with E-state index in [9.17, 15) is 86.3 Å². The van der Waals surface area contributed by atoms with Crippen LogP contribution in [-0.4, -0.2) is 211 Å². The minimum atomic E-state index is -1.39. The molecule has 5 atom stereocenters. The number of hydrogen-bond donors (Lipinski definition) is 4. The van der Waals surface area contributed by atoms with Crippen molar-refractivity contribution in [2.75, 3.05) is 121 Å². The number of amides is 2. The summed E-state index contributed by atoms with van der Waals surface area (Å²) >= 11 is 15.0. The molecule has 10 aromatic rings. The molecule has 7 aromatic carbocycles. The number of benzene rings is 7. The van der Waals surface area contributed by atoms with E-state index in [1.807, 2.05) is 55.1 Å². The third-order valence-corrected chi connectivity index (χ3v) is 23.7. The second kappa shape index (κ2) is 46.8. The molecule has 135 heavy (non-hydrogen) atoms. The number of halogens is 9. The molecule has 3 aliphatic heterocycles. The Hall–Kier alpha value is -12.3. The third kappa shape index (κ3) is 24.2. The van der Waals surface area contributed by atoms with E-state index in [1.165, 1.54) is 68.8 Å². The van der Waals surface area contributed by atoms with Gasteiger partial charge in [-0.05, 0) is 119 Å². The van der Waals surface area contributed by atoms with Gasteiger partial charge in [0.05, 0.1) is 68.5 Å². The number of pyridine rings is 3. The molecule has 31 nitrogen and oxygen atoms in total. The zero-order valence-electron chi connectivity index (χ0n) is 75.8. The van der Waals surface area contributed by atoms with E-state index in [-0.39, 0.29) is 143 Å². The number of nitrogens with one attached hydrogen (secondary N) is 1. The molecule has 3 saturated carbocycles. The smallest absolute Gasteiger partial charge is 0.550 e. The number of fused-ring (bicyclic) bond motifs is 3. The molecule has 41 heteroatoms. The minimum absolute atomic E-state index is 0. The maximum atomic E-state index is 15.8. The summed E-state index contributed by atoms with van der Waals surface area (Å²) in [6.07, 6.45) is 7.68. The molecule has 714 valence electrons. The van der Waals surface area contributed by atoms with E-state index in [0.29, 0.717) is 82.0 Å². The number of methoxy groups -OCH3 is 3. The first kappa shape index (κ1) is 103. The average molecular weight is 1950 g/mol. The normalized spacial score (nSPS) is 16.6. The Kier molecular flexibility index (Phi) is 35.8. The maximum Gasteiger partial charge on any atom is 1.00 e. The van der Waals surface area contributed by atoms with E-state index in [4.69, 9.17) is 53.0 Å². The first-order chi connectivity index (χ1) is 64.5. The number of aliphatic carboxylic acids is 1. The number of esters is 1. The number of rotatable bonds is 22. The van der Waals surface area contributed by atoms with Crippen molar-refractivity contribution in [1.29, 1.82) is 0 Å². The van der Waals surface area contributed by atoms with Crippen molar-refractivity contribution < 1.29 is 149 Å². The fourth-order valence-corrected chi connectivity index (χ4v) is 16.6. The molecule has 0 radical (unpaired) electrons. The molecule has 6 heterocycles. The molecule has 2 amide bonds. The van der Waals surface area contributed by atoms with Crippen molar-refractivity contribution in [3.63, 3.8) is 0 Å². The number of nitrogens with zero attached hydrogens (tertiary/aromatic N) is 8. The van der Waals surface area contributed by atoms with Crippen LogP contribution in [0.5, 0.6) is 17.2 Å². The number of carboxylic acids is 4. The molecular weight excluding hydrogens is 1850 g/mol. The number of carbonyl (C=O) groups excluding carboxylic acids is 5. The Bertz CT molecular complexity index is 6310. The predicted molar refractivity (Wildman–Crippen MR) is 487 cm³/mol. The fourth-order valence-electron chi connectivity index (χ4n) is 16.3. The summed E-state index contributed by atoms with van der Waals surface area (Å²) in [6.45, 7) is 11.3. The molecule has 5 unspecified atom stereocenters.